The number of pyridine rings is 1. The molecule has 0 radical (unpaired) electrons. The SMILES string of the molecule is [2H]C([2H])Oc1c(C)cnc(C[S+]([O-])c2nc3cc(OC)ccc3[nH]2)c1C. The molecular weight excluding hydrogens is 326 g/mol. The van der Waals surface area contributed by atoms with Crippen molar-refractivity contribution in [3.05, 3.63) is 41.2 Å². The summed E-state index contributed by atoms with van der Waals surface area (Å²) in [6, 6.07) is 5.41. The van der Waals surface area contributed by atoms with Crippen LogP contribution in [-0.4, -0.2) is 33.7 Å². The molecule has 0 aliphatic heterocycles. The fourth-order valence-corrected chi connectivity index (χ4v) is 3.57. The number of aromatic nitrogens is 3. The van der Waals surface area contributed by atoms with Crippen LogP contribution in [0.15, 0.2) is 29.6 Å². The van der Waals surface area contributed by atoms with Crippen molar-refractivity contribution in [2.75, 3.05) is 14.2 Å². The number of rotatable bonds is 5. The van der Waals surface area contributed by atoms with E-state index in [-0.39, 0.29) is 5.75 Å². The Balaban J connectivity index is 1.87. The van der Waals surface area contributed by atoms with Crippen molar-refractivity contribution >= 4 is 22.2 Å². The summed E-state index contributed by atoms with van der Waals surface area (Å²) < 4.78 is 37.7. The summed E-state index contributed by atoms with van der Waals surface area (Å²) in [4.78, 5) is 11.8. The van der Waals surface area contributed by atoms with Gasteiger partial charge in [0.15, 0.2) is 5.75 Å². The standard InChI is InChI=1S/C17H19N3O3S/c1-10-8-18-15(11(2)16(10)23-4)9-24(21)17-19-13-6-5-12(22-3)7-14(13)20-17/h5-8H,9H2,1-4H3,(H,19,20)/i4D2. The molecule has 3 aromatic rings. The van der Waals surface area contributed by atoms with E-state index in [2.05, 4.69) is 15.0 Å². The molecule has 1 atom stereocenters. The van der Waals surface area contributed by atoms with E-state index in [0.717, 1.165) is 11.1 Å². The van der Waals surface area contributed by atoms with Gasteiger partial charge in [-0.05, 0) is 26.0 Å². The first-order valence-corrected chi connectivity index (χ1v) is 8.59. The van der Waals surface area contributed by atoms with Crippen LogP contribution in [0.5, 0.6) is 11.5 Å². The Hall–Kier alpha value is -2.25. The number of ether oxygens (including phenoxy) is 2. The Kier molecular flexibility index (Phi) is 3.94. The van der Waals surface area contributed by atoms with Crippen LogP contribution in [0.4, 0.5) is 0 Å². The zero-order valence-corrected chi connectivity index (χ0v) is 14.4. The van der Waals surface area contributed by atoms with Crippen LogP contribution < -0.4 is 9.47 Å². The third-order valence-electron chi connectivity index (χ3n) is 3.82. The quantitative estimate of drug-likeness (QED) is 0.718. The van der Waals surface area contributed by atoms with Gasteiger partial charge >= 0.3 is 5.16 Å². The highest BCUT2D eigenvalue weighted by atomic mass is 32.2. The topological polar surface area (TPSA) is 83.1 Å². The molecule has 1 unspecified atom stereocenters. The van der Waals surface area contributed by atoms with E-state index in [0.29, 0.717) is 33.4 Å². The fraction of sp³-hybridized carbons (Fsp3) is 0.294. The van der Waals surface area contributed by atoms with E-state index in [4.69, 9.17) is 12.2 Å². The molecule has 1 N–H and O–H groups in total. The summed E-state index contributed by atoms with van der Waals surface area (Å²) in [6.07, 6.45) is 1.60. The van der Waals surface area contributed by atoms with Crippen molar-refractivity contribution in [1.82, 2.24) is 15.0 Å². The van der Waals surface area contributed by atoms with Crippen molar-refractivity contribution in [3.63, 3.8) is 0 Å². The lowest BCUT2D eigenvalue weighted by atomic mass is 10.1. The Morgan fingerprint density at radius 2 is 2.17 bits per heavy atom. The highest BCUT2D eigenvalue weighted by Crippen LogP contribution is 2.27. The molecule has 2 aromatic heterocycles. The van der Waals surface area contributed by atoms with Gasteiger partial charge in [0.2, 0.25) is 0 Å². The van der Waals surface area contributed by atoms with Gasteiger partial charge in [-0.1, -0.05) is 0 Å². The lowest BCUT2D eigenvalue weighted by Crippen LogP contribution is -2.10. The van der Waals surface area contributed by atoms with Gasteiger partial charge in [0.05, 0.1) is 33.6 Å². The molecule has 0 fully saturated rings. The van der Waals surface area contributed by atoms with Crippen LogP contribution in [0, 0.1) is 13.8 Å². The summed E-state index contributed by atoms with van der Waals surface area (Å²) in [5, 5.41) is 0.358. The number of fused-ring (bicyclic) bond motifs is 1. The van der Waals surface area contributed by atoms with E-state index in [9.17, 15) is 4.55 Å². The molecule has 0 aliphatic rings. The highest BCUT2D eigenvalue weighted by molar-refractivity contribution is 7.90. The fourth-order valence-electron chi connectivity index (χ4n) is 2.47. The first kappa shape index (κ1) is 14.1. The average Bonchev–Trinajstić information content (AvgIpc) is 3.04. The second-order valence-electron chi connectivity index (χ2n) is 5.37. The zero-order valence-electron chi connectivity index (χ0n) is 15.6. The van der Waals surface area contributed by atoms with Crippen LogP contribution >= 0.6 is 0 Å². The number of imidazole rings is 1. The Labute approximate surface area is 146 Å². The van der Waals surface area contributed by atoms with Gasteiger partial charge in [-0.25, -0.2) is 0 Å². The minimum Gasteiger partial charge on any atom is -0.609 e. The van der Waals surface area contributed by atoms with Crippen LogP contribution in [-0.2, 0) is 16.9 Å². The van der Waals surface area contributed by atoms with E-state index in [1.165, 1.54) is 0 Å². The number of nitrogens with zero attached hydrogens (tertiary/aromatic N) is 2. The molecule has 1 aromatic carbocycles. The molecule has 3 rings (SSSR count). The summed E-state index contributed by atoms with van der Waals surface area (Å²) in [5.41, 5.74) is 3.45. The third-order valence-corrected chi connectivity index (χ3v) is 4.98. The lowest BCUT2D eigenvalue weighted by Gasteiger charge is -2.13. The second-order valence-corrected chi connectivity index (χ2v) is 6.74. The van der Waals surface area contributed by atoms with Crippen LogP contribution in [0.25, 0.3) is 11.0 Å². The van der Waals surface area contributed by atoms with Gasteiger partial charge in [-0.2, -0.15) is 4.98 Å². The van der Waals surface area contributed by atoms with Crippen LogP contribution in [0.1, 0.15) is 19.6 Å². The molecule has 0 saturated heterocycles. The molecule has 2 heterocycles. The Morgan fingerprint density at radius 3 is 2.92 bits per heavy atom. The smallest absolute Gasteiger partial charge is 0.322 e. The van der Waals surface area contributed by atoms with Crippen LogP contribution in [0.3, 0.4) is 0 Å². The Bertz CT molecular complexity index is 933. The third kappa shape index (κ3) is 3.05. The Morgan fingerprint density at radius 1 is 1.33 bits per heavy atom. The molecule has 7 heteroatoms. The van der Waals surface area contributed by atoms with Crippen molar-refractivity contribution in [1.29, 1.82) is 0 Å². The molecule has 6 nitrogen and oxygen atoms in total. The van der Waals surface area contributed by atoms with Crippen molar-refractivity contribution in [2.24, 2.45) is 0 Å². The van der Waals surface area contributed by atoms with Crippen molar-refractivity contribution < 1.29 is 16.8 Å². The number of aryl methyl sites for hydroxylation is 1. The molecule has 0 bridgehead atoms. The number of aromatic amines is 1. The predicted molar refractivity (Wildman–Crippen MR) is 93.0 cm³/mol. The van der Waals surface area contributed by atoms with E-state index < -0.39 is 18.2 Å². The average molecular weight is 347 g/mol. The molecule has 0 spiro atoms. The largest absolute Gasteiger partial charge is 0.609 e. The van der Waals surface area contributed by atoms with Gasteiger partial charge in [-0.3, -0.25) is 9.97 Å². The number of methoxy groups -OCH3 is 2. The lowest BCUT2D eigenvalue weighted by molar-refractivity contribution is 0.407. The minimum atomic E-state index is -1.43. The number of hydrogen-bond acceptors (Lipinski definition) is 5. The number of hydrogen-bond donors (Lipinski definition) is 1. The number of nitrogens with one attached hydrogen (secondary N) is 1. The van der Waals surface area contributed by atoms with Crippen molar-refractivity contribution in [2.45, 2.75) is 24.8 Å². The van der Waals surface area contributed by atoms with Gasteiger partial charge in [-0.15, -0.1) is 0 Å². The maximum absolute atomic E-state index is 12.7. The molecule has 0 saturated carbocycles. The second kappa shape index (κ2) is 6.70. The van der Waals surface area contributed by atoms with Gasteiger partial charge in [0.1, 0.15) is 11.5 Å². The molecule has 0 amide bonds. The van der Waals surface area contributed by atoms with Gasteiger partial charge < -0.3 is 14.0 Å². The van der Waals surface area contributed by atoms with Crippen LogP contribution in [0.2, 0.25) is 0 Å². The maximum Gasteiger partial charge on any atom is 0.322 e. The summed E-state index contributed by atoms with van der Waals surface area (Å²) in [6.45, 7) is 3.58. The summed E-state index contributed by atoms with van der Waals surface area (Å²) in [7, 11) is 0.148. The monoisotopic (exact) mass is 347 g/mol. The van der Waals surface area contributed by atoms with Gasteiger partial charge in [0, 0.05) is 34.6 Å². The zero-order chi connectivity index (χ0) is 18.8. The first-order chi connectivity index (χ1) is 12.4. The number of H-pyrrole nitrogens is 1. The molecule has 24 heavy (non-hydrogen) atoms. The molecule has 126 valence electrons. The van der Waals surface area contributed by atoms with E-state index >= 15 is 0 Å². The first-order valence-electron chi connectivity index (χ1n) is 8.43. The van der Waals surface area contributed by atoms with E-state index in [1.807, 2.05) is 6.07 Å². The van der Waals surface area contributed by atoms with Crippen molar-refractivity contribution in [3.8, 4) is 11.5 Å². The highest BCUT2D eigenvalue weighted by Gasteiger charge is 2.21. The van der Waals surface area contributed by atoms with Gasteiger partial charge in [0.25, 0.3) is 0 Å². The van der Waals surface area contributed by atoms with E-state index in [1.54, 1.807) is 39.3 Å². The minimum absolute atomic E-state index is 0.153. The molecular formula is C17H19N3O3S. The summed E-state index contributed by atoms with van der Waals surface area (Å²) >= 11 is -1.43. The molecule has 0 aliphatic carbocycles. The predicted octanol–water partition coefficient (Wildman–Crippen LogP) is 2.90. The summed E-state index contributed by atoms with van der Waals surface area (Å²) in [5.74, 6) is 1.27. The maximum atomic E-state index is 12.7. The number of benzene rings is 1. The normalized spacial score (nSPS) is 13.7.